The SMILES string of the molecule is CCOc1ccc2cc(/C(=N/NC(=O)c3ccc([N+](=O)[O-])cc3)C(C)=O)c(Cl)nc2c1. The quantitative estimate of drug-likeness (QED) is 0.257. The van der Waals surface area contributed by atoms with Gasteiger partial charge in [0.2, 0.25) is 0 Å². The number of pyridine rings is 1. The van der Waals surface area contributed by atoms with E-state index in [-0.39, 0.29) is 27.7 Å². The van der Waals surface area contributed by atoms with Crippen LogP contribution in [-0.4, -0.2) is 33.9 Å². The van der Waals surface area contributed by atoms with E-state index in [9.17, 15) is 19.7 Å². The predicted octanol–water partition coefficient (Wildman–Crippen LogP) is 3.92. The van der Waals surface area contributed by atoms with Gasteiger partial charge in [0.15, 0.2) is 5.78 Å². The maximum absolute atomic E-state index is 12.3. The fraction of sp³-hybridized carbons (Fsp3) is 0.143. The zero-order valence-corrected chi connectivity index (χ0v) is 17.3. The molecule has 0 saturated heterocycles. The number of ketones is 1. The Balaban J connectivity index is 1.91. The van der Waals surface area contributed by atoms with Crippen LogP contribution in [0.15, 0.2) is 53.6 Å². The van der Waals surface area contributed by atoms with E-state index >= 15 is 0 Å². The molecule has 0 saturated carbocycles. The molecule has 0 unspecified atom stereocenters. The molecule has 1 aromatic heterocycles. The number of nitro groups is 1. The van der Waals surface area contributed by atoms with Crippen LogP contribution >= 0.6 is 11.6 Å². The Morgan fingerprint density at radius 3 is 2.52 bits per heavy atom. The molecule has 0 atom stereocenters. The van der Waals surface area contributed by atoms with Gasteiger partial charge in [-0.1, -0.05) is 11.6 Å². The number of aromatic nitrogens is 1. The lowest BCUT2D eigenvalue weighted by Gasteiger charge is -2.09. The maximum Gasteiger partial charge on any atom is 0.271 e. The Morgan fingerprint density at radius 1 is 1.19 bits per heavy atom. The zero-order valence-electron chi connectivity index (χ0n) is 16.6. The highest BCUT2D eigenvalue weighted by molar-refractivity contribution is 6.49. The summed E-state index contributed by atoms with van der Waals surface area (Å²) in [5.74, 6) is -0.431. The van der Waals surface area contributed by atoms with Gasteiger partial charge in [-0.2, -0.15) is 5.10 Å². The normalized spacial score (nSPS) is 11.3. The topological polar surface area (TPSA) is 124 Å². The number of amides is 1. The molecular weight excluding hydrogens is 424 g/mol. The van der Waals surface area contributed by atoms with E-state index in [4.69, 9.17) is 16.3 Å². The number of nitrogens with one attached hydrogen (secondary N) is 1. The minimum atomic E-state index is -0.639. The summed E-state index contributed by atoms with van der Waals surface area (Å²) in [4.78, 5) is 39.0. The first-order valence-electron chi connectivity index (χ1n) is 9.17. The highest BCUT2D eigenvalue weighted by Gasteiger charge is 2.17. The molecule has 3 aromatic rings. The highest BCUT2D eigenvalue weighted by atomic mass is 35.5. The van der Waals surface area contributed by atoms with Gasteiger partial charge in [0.1, 0.15) is 16.6 Å². The average Bonchev–Trinajstić information content (AvgIpc) is 2.74. The number of hydrogen-bond donors (Lipinski definition) is 1. The number of non-ortho nitro benzene ring substituents is 1. The van der Waals surface area contributed by atoms with Gasteiger partial charge in [0, 0.05) is 41.6 Å². The number of carbonyl (C=O) groups excluding carboxylic acids is 2. The fourth-order valence-corrected chi connectivity index (χ4v) is 3.02. The van der Waals surface area contributed by atoms with E-state index in [2.05, 4.69) is 15.5 Å². The molecule has 0 aliphatic carbocycles. The minimum Gasteiger partial charge on any atom is -0.494 e. The molecule has 10 heteroatoms. The first-order chi connectivity index (χ1) is 14.8. The van der Waals surface area contributed by atoms with Gasteiger partial charge in [0.05, 0.1) is 17.0 Å². The smallest absolute Gasteiger partial charge is 0.271 e. The van der Waals surface area contributed by atoms with Gasteiger partial charge in [-0.05, 0) is 37.3 Å². The number of nitro benzene ring substituents is 1. The third kappa shape index (κ3) is 5.01. The van der Waals surface area contributed by atoms with E-state index in [0.29, 0.717) is 23.3 Å². The minimum absolute atomic E-state index is 0.0414. The van der Waals surface area contributed by atoms with Crippen LogP contribution in [0.1, 0.15) is 29.8 Å². The van der Waals surface area contributed by atoms with Crippen LogP contribution < -0.4 is 10.2 Å². The van der Waals surface area contributed by atoms with Crippen LogP contribution in [-0.2, 0) is 4.79 Å². The van der Waals surface area contributed by atoms with Crippen LogP contribution in [0.4, 0.5) is 5.69 Å². The van der Waals surface area contributed by atoms with Gasteiger partial charge in [-0.25, -0.2) is 10.4 Å². The van der Waals surface area contributed by atoms with Crippen molar-refractivity contribution in [3.63, 3.8) is 0 Å². The number of rotatable bonds is 7. The van der Waals surface area contributed by atoms with Gasteiger partial charge in [-0.3, -0.25) is 19.7 Å². The number of hydrazone groups is 1. The Kier molecular flexibility index (Phi) is 6.56. The standard InChI is InChI=1S/C21H17ClN4O5/c1-3-31-16-9-6-14-10-17(20(22)23-18(14)11-16)19(12(2)27)24-25-21(28)13-4-7-15(8-5-13)26(29)30/h4-11H,3H2,1-2H3,(H,25,28)/b24-19+. The Hall–Kier alpha value is -3.85. The number of hydrogen-bond acceptors (Lipinski definition) is 7. The Morgan fingerprint density at radius 2 is 1.90 bits per heavy atom. The molecule has 1 heterocycles. The second-order valence-corrected chi connectivity index (χ2v) is 6.73. The van der Waals surface area contributed by atoms with Crippen molar-refractivity contribution in [3.05, 3.63) is 74.9 Å². The third-order valence-electron chi connectivity index (χ3n) is 4.25. The highest BCUT2D eigenvalue weighted by Crippen LogP contribution is 2.25. The number of carbonyl (C=O) groups is 2. The number of nitrogens with zero attached hydrogens (tertiary/aromatic N) is 3. The van der Waals surface area contributed by atoms with Gasteiger partial charge < -0.3 is 4.74 Å². The number of benzene rings is 2. The summed E-state index contributed by atoms with van der Waals surface area (Å²) in [7, 11) is 0. The van der Waals surface area contributed by atoms with E-state index < -0.39 is 16.6 Å². The van der Waals surface area contributed by atoms with Crippen molar-refractivity contribution in [3.8, 4) is 5.75 Å². The summed E-state index contributed by atoms with van der Waals surface area (Å²) in [5.41, 5.74) is 3.04. The fourth-order valence-electron chi connectivity index (χ4n) is 2.78. The van der Waals surface area contributed by atoms with Gasteiger partial charge in [-0.15, -0.1) is 0 Å². The van der Waals surface area contributed by atoms with Crippen LogP contribution in [0.2, 0.25) is 5.15 Å². The van der Waals surface area contributed by atoms with Crippen LogP contribution in [0.25, 0.3) is 10.9 Å². The lowest BCUT2D eigenvalue weighted by Crippen LogP contribution is -2.23. The molecule has 0 radical (unpaired) electrons. The van der Waals surface area contributed by atoms with Crippen molar-refractivity contribution in [2.75, 3.05) is 6.61 Å². The van der Waals surface area contributed by atoms with Crippen LogP contribution in [0, 0.1) is 10.1 Å². The molecule has 31 heavy (non-hydrogen) atoms. The molecule has 0 fully saturated rings. The summed E-state index contributed by atoms with van der Waals surface area (Å²) in [6.07, 6.45) is 0. The van der Waals surface area contributed by atoms with Crippen LogP contribution in [0.5, 0.6) is 5.75 Å². The predicted molar refractivity (Wildman–Crippen MR) is 116 cm³/mol. The zero-order chi connectivity index (χ0) is 22.5. The first kappa shape index (κ1) is 21.8. The molecule has 1 N–H and O–H groups in total. The summed E-state index contributed by atoms with van der Waals surface area (Å²) in [6, 6.07) is 11.9. The molecule has 0 aliphatic rings. The number of halogens is 1. The second kappa shape index (κ2) is 9.31. The van der Waals surface area contributed by atoms with Gasteiger partial charge in [0.25, 0.3) is 11.6 Å². The van der Waals surface area contributed by atoms with Gasteiger partial charge >= 0.3 is 0 Å². The number of fused-ring (bicyclic) bond motifs is 1. The molecule has 3 rings (SSSR count). The van der Waals surface area contributed by atoms with E-state index in [0.717, 1.165) is 0 Å². The molecule has 1 amide bonds. The monoisotopic (exact) mass is 440 g/mol. The van der Waals surface area contributed by atoms with Crippen molar-refractivity contribution in [1.29, 1.82) is 0 Å². The van der Waals surface area contributed by atoms with Crippen LogP contribution in [0.3, 0.4) is 0 Å². The summed E-state index contributed by atoms with van der Waals surface area (Å²) >= 11 is 6.29. The molecule has 2 aromatic carbocycles. The van der Waals surface area contributed by atoms with Crippen molar-refractivity contribution >= 4 is 45.6 Å². The molecule has 0 spiro atoms. The Bertz CT molecular complexity index is 1210. The number of ether oxygens (including phenoxy) is 1. The maximum atomic E-state index is 12.3. The molecular formula is C21H17ClN4O5. The van der Waals surface area contributed by atoms with Crippen molar-refractivity contribution in [2.45, 2.75) is 13.8 Å². The summed E-state index contributed by atoms with van der Waals surface area (Å²) in [6.45, 7) is 3.66. The van der Waals surface area contributed by atoms with Crippen molar-refractivity contribution in [2.24, 2.45) is 5.10 Å². The Labute approximate surface area is 181 Å². The summed E-state index contributed by atoms with van der Waals surface area (Å²) in [5, 5.41) is 15.4. The lowest BCUT2D eigenvalue weighted by molar-refractivity contribution is -0.384. The molecule has 0 bridgehead atoms. The van der Waals surface area contributed by atoms with E-state index in [1.807, 2.05) is 6.92 Å². The number of Topliss-reactive ketones (excluding diaryl/α,β-unsaturated/α-hetero) is 1. The first-order valence-corrected chi connectivity index (χ1v) is 9.55. The lowest BCUT2D eigenvalue weighted by atomic mass is 10.1. The van der Waals surface area contributed by atoms with Crippen molar-refractivity contribution < 1.29 is 19.2 Å². The van der Waals surface area contributed by atoms with E-state index in [1.54, 1.807) is 24.3 Å². The molecule has 158 valence electrons. The molecule has 9 nitrogen and oxygen atoms in total. The summed E-state index contributed by atoms with van der Waals surface area (Å²) < 4.78 is 5.45. The van der Waals surface area contributed by atoms with E-state index in [1.165, 1.54) is 31.2 Å². The molecule has 0 aliphatic heterocycles. The average molecular weight is 441 g/mol. The second-order valence-electron chi connectivity index (χ2n) is 6.38. The van der Waals surface area contributed by atoms with Crippen molar-refractivity contribution in [1.82, 2.24) is 10.4 Å². The third-order valence-corrected chi connectivity index (χ3v) is 4.54. The largest absolute Gasteiger partial charge is 0.494 e.